The topological polar surface area (TPSA) is 37.4 Å². The van der Waals surface area contributed by atoms with Crippen LogP contribution < -0.4 is 4.90 Å². The van der Waals surface area contributed by atoms with Gasteiger partial charge in [-0.05, 0) is 23.5 Å². The maximum atomic E-state index is 13.6. The smallest absolute Gasteiger partial charge is 0.329 e. The van der Waals surface area contributed by atoms with Gasteiger partial charge in [-0.15, -0.1) is 0 Å². The van der Waals surface area contributed by atoms with Crippen molar-refractivity contribution in [1.82, 2.24) is 0 Å². The van der Waals surface area contributed by atoms with Crippen LogP contribution in [0.15, 0.2) is 18.2 Å². The molecule has 0 fully saturated rings. The summed E-state index contributed by atoms with van der Waals surface area (Å²) >= 11 is 0. The summed E-state index contributed by atoms with van der Waals surface area (Å²) in [6, 6.07) is 4.93. The van der Waals surface area contributed by atoms with Crippen molar-refractivity contribution >= 4 is 18.3 Å². The van der Waals surface area contributed by atoms with Crippen molar-refractivity contribution in [2.75, 3.05) is 19.0 Å². The predicted molar refractivity (Wildman–Crippen MR) is 90.2 cm³/mol. The van der Waals surface area contributed by atoms with Gasteiger partial charge in [0.25, 0.3) is 0 Å². The number of rotatable bonds is 5. The molecule has 1 aromatic carbocycles. The van der Waals surface area contributed by atoms with Crippen LogP contribution in [-0.4, -0.2) is 26.7 Å². The summed E-state index contributed by atoms with van der Waals surface area (Å²) in [6.07, 6.45) is 1.79. The fourth-order valence-electron chi connectivity index (χ4n) is 1.95. The molecular weight excluding hydrogens is 300 g/mol. The normalized spacial score (nSPS) is 11.3. The monoisotopic (exact) mass is 327 g/mol. The molecule has 130 valence electrons. The van der Waals surface area contributed by atoms with Crippen molar-refractivity contribution in [3.63, 3.8) is 0 Å². The molecule has 0 radical (unpaired) electrons. The van der Waals surface area contributed by atoms with Crippen molar-refractivity contribution < 1.29 is 18.4 Å². The summed E-state index contributed by atoms with van der Waals surface area (Å²) in [5.41, 5.74) is 0.888. The lowest BCUT2D eigenvalue weighted by molar-refractivity contribution is -0.130. The van der Waals surface area contributed by atoms with Crippen molar-refractivity contribution in [3.8, 4) is 0 Å². The molecule has 0 aliphatic heterocycles. The molecular formula is C18H27F2NO2. The Kier molecular flexibility index (Phi) is 8.07. The van der Waals surface area contributed by atoms with Crippen molar-refractivity contribution in [1.29, 1.82) is 0 Å². The number of halogens is 2. The SMILES string of the molecule is CC(C)(C)CC=O.CCc1cccc(N(C)C)c1C(F)(F)C=O. The molecule has 3 nitrogen and oxygen atoms in total. The van der Waals surface area contributed by atoms with Crippen molar-refractivity contribution in [2.24, 2.45) is 5.41 Å². The Balaban J connectivity index is 0.000000585. The molecule has 5 heteroatoms. The van der Waals surface area contributed by atoms with E-state index in [1.54, 1.807) is 44.1 Å². The number of alkyl halides is 2. The zero-order valence-corrected chi connectivity index (χ0v) is 14.8. The van der Waals surface area contributed by atoms with Gasteiger partial charge in [-0.3, -0.25) is 4.79 Å². The first kappa shape index (κ1) is 21.2. The molecule has 0 aromatic heterocycles. The number of hydrogen-bond acceptors (Lipinski definition) is 3. The minimum absolute atomic E-state index is 0.182. The number of aryl methyl sites for hydroxylation is 1. The molecule has 0 amide bonds. The number of carbonyl (C=O) groups is 2. The highest BCUT2D eigenvalue weighted by Gasteiger charge is 2.36. The molecule has 0 bridgehead atoms. The van der Waals surface area contributed by atoms with Gasteiger partial charge in [0, 0.05) is 26.2 Å². The highest BCUT2D eigenvalue weighted by atomic mass is 19.3. The molecule has 0 saturated carbocycles. The van der Waals surface area contributed by atoms with E-state index in [0.717, 1.165) is 6.29 Å². The summed E-state index contributed by atoms with van der Waals surface area (Å²) in [6.45, 7) is 7.92. The van der Waals surface area contributed by atoms with E-state index >= 15 is 0 Å². The third kappa shape index (κ3) is 6.89. The number of anilines is 1. The second kappa shape index (κ2) is 8.75. The van der Waals surface area contributed by atoms with Crippen LogP contribution >= 0.6 is 0 Å². The van der Waals surface area contributed by atoms with Gasteiger partial charge in [-0.25, -0.2) is 0 Å². The van der Waals surface area contributed by atoms with Crippen LogP contribution in [0, 0.1) is 5.41 Å². The highest BCUT2D eigenvalue weighted by Crippen LogP contribution is 2.36. The fourth-order valence-corrected chi connectivity index (χ4v) is 1.95. The van der Waals surface area contributed by atoms with E-state index in [2.05, 4.69) is 0 Å². The summed E-state index contributed by atoms with van der Waals surface area (Å²) in [5.74, 6) is -3.42. The second-order valence-corrected chi connectivity index (χ2v) is 6.73. The first-order chi connectivity index (χ1) is 10.5. The average Bonchev–Trinajstić information content (AvgIpc) is 2.45. The summed E-state index contributed by atoms with van der Waals surface area (Å²) < 4.78 is 27.1. The van der Waals surface area contributed by atoms with Gasteiger partial charge in [0.15, 0.2) is 6.29 Å². The van der Waals surface area contributed by atoms with Gasteiger partial charge in [0.05, 0.1) is 5.56 Å². The quantitative estimate of drug-likeness (QED) is 0.760. The van der Waals surface area contributed by atoms with E-state index in [4.69, 9.17) is 0 Å². The van der Waals surface area contributed by atoms with Crippen molar-refractivity contribution in [3.05, 3.63) is 29.3 Å². The van der Waals surface area contributed by atoms with E-state index in [0.29, 0.717) is 24.1 Å². The number of hydrogen-bond donors (Lipinski definition) is 0. The molecule has 0 saturated heterocycles. The third-order valence-corrected chi connectivity index (χ3v) is 3.17. The van der Waals surface area contributed by atoms with Gasteiger partial charge in [0.1, 0.15) is 6.29 Å². The molecule has 0 atom stereocenters. The van der Waals surface area contributed by atoms with E-state index in [1.165, 1.54) is 0 Å². The van der Waals surface area contributed by atoms with Crippen LogP contribution in [0.2, 0.25) is 0 Å². The minimum atomic E-state index is -3.42. The van der Waals surface area contributed by atoms with Crippen LogP contribution in [0.25, 0.3) is 0 Å². The van der Waals surface area contributed by atoms with E-state index in [-0.39, 0.29) is 17.3 Å². The van der Waals surface area contributed by atoms with E-state index in [1.807, 2.05) is 20.8 Å². The molecule has 23 heavy (non-hydrogen) atoms. The van der Waals surface area contributed by atoms with Crippen LogP contribution in [0.5, 0.6) is 0 Å². The standard InChI is InChI=1S/C12H15F2NO.C6H12O/c1-4-9-6-5-7-10(15(2)3)11(9)12(13,14)8-16;1-6(2,3)4-5-7/h5-8H,4H2,1-3H3;5H,4H2,1-3H3. The van der Waals surface area contributed by atoms with Crippen LogP contribution in [-0.2, 0) is 21.9 Å². The van der Waals surface area contributed by atoms with Gasteiger partial charge >= 0.3 is 5.92 Å². The number of carbonyl (C=O) groups excluding carboxylic acids is 2. The number of benzene rings is 1. The van der Waals surface area contributed by atoms with Gasteiger partial charge in [-0.1, -0.05) is 39.8 Å². The Labute approximate surface area is 137 Å². The zero-order valence-electron chi connectivity index (χ0n) is 14.8. The molecule has 0 N–H and O–H groups in total. The number of nitrogens with zero attached hydrogens (tertiary/aromatic N) is 1. The Morgan fingerprint density at radius 1 is 1.13 bits per heavy atom. The molecule has 0 aliphatic carbocycles. The minimum Gasteiger partial charge on any atom is -0.377 e. The Morgan fingerprint density at radius 3 is 2.00 bits per heavy atom. The first-order valence-corrected chi connectivity index (χ1v) is 7.57. The van der Waals surface area contributed by atoms with Crippen LogP contribution in [0.4, 0.5) is 14.5 Å². The summed E-state index contributed by atoms with van der Waals surface area (Å²) in [4.78, 5) is 21.9. The molecule has 0 unspecified atom stereocenters. The molecule has 0 spiro atoms. The molecule has 1 aromatic rings. The summed E-state index contributed by atoms with van der Waals surface area (Å²) in [7, 11) is 3.36. The zero-order chi connectivity index (χ0) is 18.3. The Hall–Kier alpha value is -1.78. The van der Waals surface area contributed by atoms with Crippen molar-refractivity contribution in [2.45, 2.75) is 46.5 Å². The van der Waals surface area contributed by atoms with Gasteiger partial charge in [-0.2, -0.15) is 8.78 Å². The van der Waals surface area contributed by atoms with Gasteiger partial charge < -0.3 is 9.69 Å². The lowest BCUT2D eigenvalue weighted by Gasteiger charge is -2.23. The largest absolute Gasteiger partial charge is 0.377 e. The number of aldehydes is 2. The molecule has 1 rings (SSSR count). The lowest BCUT2D eigenvalue weighted by atomic mass is 9.93. The average molecular weight is 327 g/mol. The molecule has 0 aliphatic rings. The second-order valence-electron chi connectivity index (χ2n) is 6.73. The van der Waals surface area contributed by atoms with E-state index in [9.17, 15) is 18.4 Å². The Bertz CT molecular complexity index is 520. The van der Waals surface area contributed by atoms with Crippen LogP contribution in [0.3, 0.4) is 0 Å². The maximum absolute atomic E-state index is 13.6. The van der Waals surface area contributed by atoms with E-state index < -0.39 is 5.92 Å². The lowest BCUT2D eigenvalue weighted by Crippen LogP contribution is -2.23. The third-order valence-electron chi connectivity index (χ3n) is 3.17. The predicted octanol–water partition coefficient (Wildman–Crippen LogP) is 4.23. The summed E-state index contributed by atoms with van der Waals surface area (Å²) in [5, 5.41) is 0. The maximum Gasteiger partial charge on any atom is 0.329 e. The van der Waals surface area contributed by atoms with Gasteiger partial charge in [0.2, 0.25) is 0 Å². The Morgan fingerprint density at radius 2 is 1.70 bits per heavy atom. The first-order valence-electron chi connectivity index (χ1n) is 7.57. The highest BCUT2D eigenvalue weighted by molar-refractivity contribution is 5.71. The fraction of sp³-hybridized carbons (Fsp3) is 0.556. The van der Waals surface area contributed by atoms with Crippen LogP contribution in [0.1, 0.15) is 45.2 Å². The molecule has 0 heterocycles.